The highest BCUT2D eigenvalue weighted by Crippen LogP contribution is 2.25. The van der Waals surface area contributed by atoms with Gasteiger partial charge in [-0.2, -0.15) is 8.78 Å². The number of carbonyl (C=O) groups excluding carboxylic acids is 1. The fourth-order valence-corrected chi connectivity index (χ4v) is 1.44. The van der Waals surface area contributed by atoms with Crippen molar-refractivity contribution in [3.63, 3.8) is 0 Å². The van der Waals surface area contributed by atoms with Crippen molar-refractivity contribution in [3.8, 4) is 0 Å². The van der Waals surface area contributed by atoms with Crippen LogP contribution in [0.2, 0.25) is 10.0 Å². The molecule has 0 fully saturated rings. The molecule has 0 saturated heterocycles. The van der Waals surface area contributed by atoms with Gasteiger partial charge in [-0.05, 0) is 18.2 Å². The fourth-order valence-electron chi connectivity index (χ4n) is 0.958. The predicted octanol–water partition coefficient (Wildman–Crippen LogP) is 4.05. The third-order valence-corrected chi connectivity index (χ3v) is 2.41. The van der Waals surface area contributed by atoms with E-state index >= 15 is 0 Å². The van der Waals surface area contributed by atoms with E-state index in [0.717, 1.165) is 6.07 Å². The minimum atomic E-state index is -4.39. The molecule has 1 rings (SSSR count). The first-order valence-corrected chi connectivity index (χ1v) is 5.28. The maximum atomic E-state index is 12.5. The number of benzene rings is 1. The van der Waals surface area contributed by atoms with Gasteiger partial charge in [0.1, 0.15) is 0 Å². The quantitative estimate of drug-likeness (QED) is 0.619. The average Bonchev–Trinajstić information content (AvgIpc) is 2.25. The largest absolute Gasteiger partial charge is 0.455 e. The first-order valence-electron chi connectivity index (χ1n) is 4.52. The average molecular weight is 305 g/mol. The Labute approximate surface area is 109 Å². The Kier molecular flexibility index (Phi) is 4.81. The summed E-state index contributed by atoms with van der Waals surface area (Å²) in [6, 6.07) is 3.63. The van der Waals surface area contributed by atoms with E-state index < -0.39 is 24.9 Å². The molecule has 18 heavy (non-hydrogen) atoms. The van der Waals surface area contributed by atoms with E-state index in [1.54, 1.807) is 0 Å². The van der Waals surface area contributed by atoms with Crippen molar-refractivity contribution in [3.05, 3.63) is 33.8 Å². The molecular formula is C10H6Cl2F4O2. The molecule has 1 aromatic carbocycles. The third-order valence-electron chi connectivity index (χ3n) is 1.87. The molecule has 100 valence electrons. The van der Waals surface area contributed by atoms with Crippen LogP contribution in [0.15, 0.2) is 18.2 Å². The van der Waals surface area contributed by atoms with Gasteiger partial charge < -0.3 is 4.74 Å². The highest BCUT2D eigenvalue weighted by atomic mass is 35.5. The smallest absolute Gasteiger partial charge is 0.340 e. The second-order valence-corrected chi connectivity index (χ2v) is 4.11. The monoisotopic (exact) mass is 304 g/mol. The Balaban J connectivity index is 2.72. The number of ether oxygens (including phenoxy) is 1. The van der Waals surface area contributed by atoms with Gasteiger partial charge in [-0.15, -0.1) is 0 Å². The second-order valence-electron chi connectivity index (χ2n) is 3.26. The summed E-state index contributed by atoms with van der Waals surface area (Å²) < 4.78 is 52.7. The van der Waals surface area contributed by atoms with Crippen molar-refractivity contribution in [2.75, 3.05) is 6.61 Å². The molecule has 0 heterocycles. The molecule has 0 amide bonds. The summed E-state index contributed by atoms with van der Waals surface area (Å²) in [5, 5.41) is 0.113. The van der Waals surface area contributed by atoms with E-state index in [2.05, 4.69) is 4.74 Å². The van der Waals surface area contributed by atoms with Crippen LogP contribution < -0.4 is 0 Å². The first-order chi connectivity index (χ1) is 8.24. The Hall–Kier alpha value is -1.01. The van der Waals surface area contributed by atoms with E-state index in [0.29, 0.717) is 0 Å². The number of carbonyl (C=O) groups is 1. The lowest BCUT2D eigenvalue weighted by atomic mass is 10.2. The Morgan fingerprint density at radius 2 is 1.94 bits per heavy atom. The summed E-state index contributed by atoms with van der Waals surface area (Å²) >= 11 is 11.2. The molecule has 0 spiro atoms. The van der Waals surface area contributed by atoms with Gasteiger partial charge in [-0.25, -0.2) is 13.6 Å². The number of rotatable bonds is 4. The molecule has 0 N–H and O–H groups in total. The summed E-state index contributed by atoms with van der Waals surface area (Å²) in [5.41, 5.74) is -0.230. The highest BCUT2D eigenvalue weighted by Gasteiger charge is 2.42. The molecule has 0 atom stereocenters. The summed E-state index contributed by atoms with van der Waals surface area (Å²) in [6.45, 7) is -1.72. The molecular weight excluding hydrogens is 299 g/mol. The van der Waals surface area contributed by atoms with E-state index in [-0.39, 0.29) is 15.6 Å². The van der Waals surface area contributed by atoms with Gasteiger partial charge in [-0.1, -0.05) is 23.2 Å². The molecule has 1 aromatic rings. The van der Waals surface area contributed by atoms with Gasteiger partial charge >= 0.3 is 18.3 Å². The van der Waals surface area contributed by atoms with Crippen LogP contribution >= 0.6 is 23.2 Å². The lowest BCUT2D eigenvalue weighted by Gasteiger charge is -2.15. The molecule has 2 nitrogen and oxygen atoms in total. The molecule has 0 radical (unpaired) electrons. The molecule has 0 aliphatic carbocycles. The first kappa shape index (κ1) is 15.0. The molecule has 8 heteroatoms. The Morgan fingerprint density at radius 1 is 1.33 bits per heavy atom. The molecule has 0 aliphatic heterocycles. The zero-order chi connectivity index (χ0) is 13.9. The summed E-state index contributed by atoms with van der Waals surface area (Å²) in [5.74, 6) is -5.62. The number of esters is 1. The van der Waals surface area contributed by atoms with Crippen LogP contribution in [0.1, 0.15) is 10.4 Å². The van der Waals surface area contributed by atoms with Crippen molar-refractivity contribution < 1.29 is 27.1 Å². The number of halogens is 6. The van der Waals surface area contributed by atoms with E-state index in [9.17, 15) is 22.4 Å². The van der Waals surface area contributed by atoms with Crippen LogP contribution in [0.25, 0.3) is 0 Å². The SMILES string of the molecule is O=C(OCC(F)(F)C(F)F)c1ccc(Cl)cc1Cl. The fraction of sp³-hybridized carbons (Fsp3) is 0.300. The van der Waals surface area contributed by atoms with Gasteiger partial charge in [0.05, 0.1) is 10.6 Å². The minimum Gasteiger partial charge on any atom is -0.455 e. The van der Waals surface area contributed by atoms with Crippen LogP contribution in [0.5, 0.6) is 0 Å². The van der Waals surface area contributed by atoms with E-state index in [1.165, 1.54) is 12.1 Å². The van der Waals surface area contributed by atoms with E-state index in [1.807, 2.05) is 0 Å². The molecule has 0 aliphatic rings. The predicted molar refractivity (Wildman–Crippen MR) is 57.7 cm³/mol. The maximum absolute atomic E-state index is 12.5. The summed E-state index contributed by atoms with van der Waals surface area (Å²) in [6.07, 6.45) is -3.91. The molecule has 0 unspecified atom stereocenters. The summed E-state index contributed by atoms with van der Waals surface area (Å²) in [7, 11) is 0. The second kappa shape index (κ2) is 5.75. The number of alkyl halides is 4. The summed E-state index contributed by atoms with van der Waals surface area (Å²) in [4.78, 5) is 11.3. The van der Waals surface area contributed by atoms with Crippen LogP contribution in [0, 0.1) is 0 Å². The Morgan fingerprint density at radius 3 is 2.44 bits per heavy atom. The highest BCUT2D eigenvalue weighted by molar-refractivity contribution is 6.36. The normalized spacial score (nSPS) is 11.7. The lowest BCUT2D eigenvalue weighted by molar-refractivity contribution is -0.155. The third kappa shape index (κ3) is 3.74. The van der Waals surface area contributed by atoms with Crippen molar-refractivity contribution >= 4 is 29.2 Å². The number of hydrogen-bond acceptors (Lipinski definition) is 2. The van der Waals surface area contributed by atoms with Gasteiger partial charge in [0.2, 0.25) is 0 Å². The molecule has 0 aromatic heterocycles. The zero-order valence-corrected chi connectivity index (χ0v) is 10.1. The van der Waals surface area contributed by atoms with Crippen molar-refractivity contribution in [2.45, 2.75) is 12.3 Å². The van der Waals surface area contributed by atoms with Crippen molar-refractivity contribution in [2.24, 2.45) is 0 Å². The number of hydrogen-bond donors (Lipinski definition) is 0. The molecule has 0 saturated carbocycles. The van der Waals surface area contributed by atoms with Gasteiger partial charge in [-0.3, -0.25) is 0 Å². The van der Waals surface area contributed by atoms with Crippen LogP contribution in [0.4, 0.5) is 17.6 Å². The van der Waals surface area contributed by atoms with E-state index in [4.69, 9.17) is 23.2 Å². The van der Waals surface area contributed by atoms with Crippen LogP contribution in [-0.4, -0.2) is 24.9 Å². The minimum absolute atomic E-state index is 0.118. The standard InChI is InChI=1S/C10H6Cl2F4O2/c11-5-1-2-6(7(12)3-5)8(17)18-4-10(15,16)9(13)14/h1-3,9H,4H2. The van der Waals surface area contributed by atoms with Crippen molar-refractivity contribution in [1.29, 1.82) is 0 Å². The lowest BCUT2D eigenvalue weighted by Crippen LogP contribution is -2.33. The Bertz CT molecular complexity index is 452. The van der Waals surface area contributed by atoms with Gasteiger partial charge in [0, 0.05) is 5.02 Å². The zero-order valence-electron chi connectivity index (χ0n) is 8.60. The topological polar surface area (TPSA) is 26.3 Å². The van der Waals surface area contributed by atoms with Gasteiger partial charge in [0.25, 0.3) is 0 Å². The van der Waals surface area contributed by atoms with Crippen molar-refractivity contribution in [1.82, 2.24) is 0 Å². The van der Waals surface area contributed by atoms with Gasteiger partial charge in [0.15, 0.2) is 6.61 Å². The van der Waals surface area contributed by atoms with Crippen LogP contribution in [-0.2, 0) is 4.74 Å². The maximum Gasteiger partial charge on any atom is 0.340 e. The molecule has 0 bridgehead atoms. The van der Waals surface area contributed by atoms with Crippen LogP contribution in [0.3, 0.4) is 0 Å².